The Hall–Kier alpha value is -3.31. The molecule has 5 nitrogen and oxygen atoms in total. The Bertz CT molecular complexity index is 1020. The highest BCUT2D eigenvalue weighted by molar-refractivity contribution is 6.32. The maximum absolute atomic E-state index is 10.7. The van der Waals surface area contributed by atoms with Crippen molar-refractivity contribution in [2.45, 2.75) is 20.3 Å². The van der Waals surface area contributed by atoms with Crippen LogP contribution in [-0.4, -0.2) is 22.7 Å². The molecule has 3 rings (SSSR count). The van der Waals surface area contributed by atoms with Gasteiger partial charge in [-0.25, -0.2) is 9.78 Å². The largest absolute Gasteiger partial charge is 0.492 e. The summed E-state index contributed by atoms with van der Waals surface area (Å²) >= 11 is 6.31. The normalized spacial score (nSPS) is 10.9. The lowest BCUT2D eigenvalue weighted by Crippen LogP contribution is -2.01. The van der Waals surface area contributed by atoms with E-state index in [0.717, 1.165) is 18.1 Å². The number of ether oxygens (including phenoxy) is 2. The third kappa shape index (κ3) is 6.09. The molecule has 0 fully saturated rings. The number of halogens is 1. The zero-order chi connectivity index (χ0) is 21.5. The fourth-order valence-electron chi connectivity index (χ4n) is 2.81. The molecule has 1 aromatic heterocycles. The number of hydrogen-bond donors (Lipinski definition) is 1. The Morgan fingerprint density at radius 3 is 2.53 bits per heavy atom. The second-order valence-electron chi connectivity index (χ2n) is 6.84. The summed E-state index contributed by atoms with van der Waals surface area (Å²) in [5, 5.41) is 9.12. The second kappa shape index (κ2) is 9.94. The summed E-state index contributed by atoms with van der Waals surface area (Å²) in [6.07, 6.45) is 4.96. The number of carbonyl (C=O) groups is 1. The molecule has 154 valence electrons. The first kappa shape index (κ1) is 21.4. The average Bonchev–Trinajstić information content (AvgIpc) is 2.72. The number of pyridine rings is 1. The van der Waals surface area contributed by atoms with E-state index in [0.29, 0.717) is 34.6 Å². The quantitative estimate of drug-likeness (QED) is 0.459. The first-order valence-electron chi connectivity index (χ1n) is 9.44. The van der Waals surface area contributed by atoms with Gasteiger partial charge in [0.05, 0.1) is 17.8 Å². The summed E-state index contributed by atoms with van der Waals surface area (Å²) in [5.74, 6) is 0.505. The number of nitrogens with zero attached hydrogens (tertiary/aromatic N) is 1. The number of aromatic nitrogens is 1. The minimum absolute atomic E-state index is 0.375. The minimum Gasteiger partial charge on any atom is -0.492 e. The molecule has 0 saturated carbocycles. The molecule has 0 aliphatic heterocycles. The van der Waals surface area contributed by atoms with Crippen molar-refractivity contribution in [3.05, 3.63) is 88.1 Å². The van der Waals surface area contributed by atoms with E-state index in [1.165, 1.54) is 17.2 Å². The number of carboxylic acid groups (broad SMARTS) is 1. The van der Waals surface area contributed by atoms with Crippen LogP contribution in [0.1, 0.15) is 22.3 Å². The number of rotatable bonds is 8. The molecule has 1 N–H and O–H groups in total. The summed E-state index contributed by atoms with van der Waals surface area (Å²) in [7, 11) is 0. The molecule has 0 atom stereocenters. The van der Waals surface area contributed by atoms with Crippen molar-refractivity contribution >= 4 is 23.6 Å². The molecule has 0 aliphatic rings. The van der Waals surface area contributed by atoms with Gasteiger partial charge in [0.2, 0.25) is 5.88 Å². The monoisotopic (exact) mass is 423 g/mol. The highest BCUT2D eigenvalue weighted by Gasteiger charge is 2.10. The van der Waals surface area contributed by atoms with Gasteiger partial charge in [-0.1, -0.05) is 41.4 Å². The van der Waals surface area contributed by atoms with E-state index < -0.39 is 5.97 Å². The zero-order valence-electron chi connectivity index (χ0n) is 16.8. The molecular formula is C24H22ClNO4. The standard InChI is InChI=1S/C24H22ClNO4/c1-16-3-5-18(6-4-16)11-12-29-20-8-9-22(26-15-20)30-24-17(2)13-19(14-21(24)25)7-10-23(27)28/h3-10,13-15H,11-12H2,1-2H3,(H,27,28). The number of hydrogen-bond acceptors (Lipinski definition) is 4. The third-order valence-corrected chi connectivity index (χ3v) is 4.65. The van der Waals surface area contributed by atoms with Crippen molar-refractivity contribution in [1.82, 2.24) is 4.98 Å². The summed E-state index contributed by atoms with van der Waals surface area (Å²) in [6.45, 7) is 4.46. The van der Waals surface area contributed by atoms with Crippen LogP contribution in [0.15, 0.2) is 60.8 Å². The summed E-state index contributed by atoms with van der Waals surface area (Å²) in [5.41, 5.74) is 3.91. The number of aliphatic carboxylic acids is 1. The van der Waals surface area contributed by atoms with E-state index in [-0.39, 0.29) is 0 Å². The fraction of sp³-hybridized carbons (Fsp3) is 0.167. The van der Waals surface area contributed by atoms with Crippen molar-refractivity contribution in [3.8, 4) is 17.4 Å². The molecule has 0 radical (unpaired) electrons. The lowest BCUT2D eigenvalue weighted by atomic mass is 10.1. The van der Waals surface area contributed by atoms with Crippen molar-refractivity contribution in [2.24, 2.45) is 0 Å². The van der Waals surface area contributed by atoms with Crippen LogP contribution in [0.4, 0.5) is 0 Å². The van der Waals surface area contributed by atoms with Gasteiger partial charge in [0.15, 0.2) is 5.75 Å². The maximum Gasteiger partial charge on any atom is 0.328 e. The van der Waals surface area contributed by atoms with Gasteiger partial charge in [-0.3, -0.25) is 0 Å². The molecule has 2 aromatic carbocycles. The van der Waals surface area contributed by atoms with Crippen molar-refractivity contribution in [2.75, 3.05) is 6.61 Å². The Kier molecular flexibility index (Phi) is 7.09. The molecule has 1 heterocycles. The fourth-order valence-corrected chi connectivity index (χ4v) is 3.12. The minimum atomic E-state index is -1.02. The maximum atomic E-state index is 10.7. The van der Waals surface area contributed by atoms with Gasteiger partial charge in [-0.05, 0) is 54.8 Å². The van der Waals surface area contributed by atoms with Gasteiger partial charge in [0.25, 0.3) is 0 Å². The molecular weight excluding hydrogens is 402 g/mol. The first-order chi connectivity index (χ1) is 14.4. The summed E-state index contributed by atoms with van der Waals surface area (Å²) in [4.78, 5) is 14.9. The smallest absolute Gasteiger partial charge is 0.328 e. The molecule has 0 spiro atoms. The molecule has 0 amide bonds. The molecule has 0 unspecified atom stereocenters. The molecule has 3 aromatic rings. The second-order valence-corrected chi connectivity index (χ2v) is 7.25. The van der Waals surface area contributed by atoms with Gasteiger partial charge in [0, 0.05) is 18.6 Å². The van der Waals surface area contributed by atoms with Crippen molar-refractivity contribution in [1.29, 1.82) is 0 Å². The third-order valence-electron chi connectivity index (χ3n) is 4.37. The molecule has 6 heteroatoms. The van der Waals surface area contributed by atoms with Crippen molar-refractivity contribution < 1.29 is 19.4 Å². The van der Waals surface area contributed by atoms with E-state index in [1.807, 2.05) is 6.92 Å². The van der Waals surface area contributed by atoms with Crippen molar-refractivity contribution in [3.63, 3.8) is 0 Å². The molecule has 0 bridgehead atoms. The average molecular weight is 424 g/mol. The Balaban J connectivity index is 1.60. The van der Waals surface area contributed by atoms with Gasteiger partial charge in [0.1, 0.15) is 5.75 Å². The van der Waals surface area contributed by atoms with E-state index in [9.17, 15) is 4.79 Å². The number of benzene rings is 2. The summed E-state index contributed by atoms with van der Waals surface area (Å²) in [6, 6.07) is 15.3. The highest BCUT2D eigenvalue weighted by atomic mass is 35.5. The molecule has 0 saturated heterocycles. The Labute approximate surface area is 180 Å². The van der Waals surface area contributed by atoms with Crippen LogP contribution in [0.3, 0.4) is 0 Å². The van der Waals surface area contributed by atoms with Crippen LogP contribution in [0.2, 0.25) is 5.02 Å². The Morgan fingerprint density at radius 2 is 1.90 bits per heavy atom. The summed E-state index contributed by atoms with van der Waals surface area (Å²) < 4.78 is 11.6. The van der Waals surface area contributed by atoms with Gasteiger partial charge in [-0.15, -0.1) is 0 Å². The van der Waals surface area contributed by atoms with Crippen LogP contribution in [0.25, 0.3) is 6.08 Å². The Morgan fingerprint density at radius 1 is 1.13 bits per heavy atom. The lowest BCUT2D eigenvalue weighted by Gasteiger charge is -2.12. The molecule has 30 heavy (non-hydrogen) atoms. The van der Waals surface area contributed by atoms with Gasteiger partial charge < -0.3 is 14.6 Å². The topological polar surface area (TPSA) is 68.7 Å². The number of carboxylic acids is 1. The van der Waals surface area contributed by atoms with E-state index in [1.54, 1.807) is 30.5 Å². The predicted octanol–water partition coefficient (Wildman–Crippen LogP) is 5.86. The zero-order valence-corrected chi connectivity index (χ0v) is 17.5. The van der Waals surface area contributed by atoms with E-state index in [4.69, 9.17) is 26.2 Å². The van der Waals surface area contributed by atoms with E-state index >= 15 is 0 Å². The SMILES string of the molecule is Cc1ccc(CCOc2ccc(Oc3c(C)cc(C=CC(=O)O)cc3Cl)nc2)cc1. The van der Waals surface area contributed by atoms with Crippen LogP contribution in [-0.2, 0) is 11.2 Å². The lowest BCUT2D eigenvalue weighted by molar-refractivity contribution is -0.131. The van der Waals surface area contributed by atoms with Crippen LogP contribution >= 0.6 is 11.6 Å². The van der Waals surface area contributed by atoms with Gasteiger partial charge in [-0.2, -0.15) is 0 Å². The van der Waals surface area contributed by atoms with Crippen LogP contribution < -0.4 is 9.47 Å². The van der Waals surface area contributed by atoms with Crippen LogP contribution in [0.5, 0.6) is 17.4 Å². The number of aryl methyl sites for hydroxylation is 2. The first-order valence-corrected chi connectivity index (χ1v) is 9.82. The molecule has 0 aliphatic carbocycles. The van der Waals surface area contributed by atoms with E-state index in [2.05, 4.69) is 36.2 Å². The predicted molar refractivity (Wildman–Crippen MR) is 118 cm³/mol. The highest BCUT2D eigenvalue weighted by Crippen LogP contribution is 2.34. The van der Waals surface area contributed by atoms with Crippen LogP contribution in [0, 0.1) is 13.8 Å². The van der Waals surface area contributed by atoms with Gasteiger partial charge >= 0.3 is 5.97 Å².